The van der Waals surface area contributed by atoms with Crippen molar-refractivity contribution in [2.75, 3.05) is 7.05 Å². The van der Waals surface area contributed by atoms with E-state index < -0.39 is 4.92 Å². The Labute approximate surface area is 120 Å². The van der Waals surface area contributed by atoms with E-state index in [1.807, 2.05) is 0 Å². The maximum absolute atomic E-state index is 11.3. The predicted octanol–water partition coefficient (Wildman–Crippen LogP) is 2.43. The second-order valence-corrected chi connectivity index (χ2v) is 4.36. The van der Waals surface area contributed by atoms with Crippen LogP contribution in [0.25, 0.3) is 0 Å². The van der Waals surface area contributed by atoms with E-state index in [0.29, 0.717) is 5.76 Å². The van der Waals surface area contributed by atoms with Crippen molar-refractivity contribution in [2.45, 2.75) is 13.5 Å². The van der Waals surface area contributed by atoms with E-state index >= 15 is 0 Å². The Hall–Kier alpha value is -2.83. The van der Waals surface area contributed by atoms with Crippen LogP contribution in [0.5, 0.6) is 5.75 Å². The number of carbonyl (C=O) groups is 1. The second kappa shape index (κ2) is 6.08. The van der Waals surface area contributed by atoms with Crippen molar-refractivity contribution in [1.82, 2.24) is 5.32 Å². The number of ether oxygens (including phenoxy) is 1. The van der Waals surface area contributed by atoms with Crippen LogP contribution in [-0.2, 0) is 6.61 Å². The molecule has 0 saturated heterocycles. The molecule has 110 valence electrons. The molecular weight excluding hydrogens is 276 g/mol. The van der Waals surface area contributed by atoms with Crippen LogP contribution in [0.4, 0.5) is 5.69 Å². The fourth-order valence-corrected chi connectivity index (χ4v) is 1.74. The molecular formula is C14H14N2O5. The van der Waals surface area contributed by atoms with Gasteiger partial charge in [-0.1, -0.05) is 6.07 Å². The average molecular weight is 290 g/mol. The molecule has 0 atom stereocenters. The Balaban J connectivity index is 2.11. The summed E-state index contributed by atoms with van der Waals surface area (Å²) in [5.74, 6) is 0.379. The highest BCUT2D eigenvalue weighted by Gasteiger charge is 2.16. The summed E-state index contributed by atoms with van der Waals surface area (Å²) in [5, 5.41) is 13.4. The van der Waals surface area contributed by atoms with Crippen LogP contribution in [0.2, 0.25) is 0 Å². The maximum Gasteiger partial charge on any atom is 0.311 e. The lowest BCUT2D eigenvalue weighted by Gasteiger charge is -2.05. The number of nitro groups is 1. The molecule has 1 heterocycles. The van der Waals surface area contributed by atoms with Crippen LogP contribution in [0.1, 0.15) is 21.9 Å². The van der Waals surface area contributed by atoms with Crippen molar-refractivity contribution in [3.8, 4) is 5.75 Å². The zero-order valence-corrected chi connectivity index (χ0v) is 11.6. The van der Waals surface area contributed by atoms with Crippen molar-refractivity contribution in [1.29, 1.82) is 0 Å². The Kier molecular flexibility index (Phi) is 4.22. The third kappa shape index (κ3) is 3.38. The summed E-state index contributed by atoms with van der Waals surface area (Å²) in [7, 11) is 1.50. The second-order valence-electron chi connectivity index (χ2n) is 4.36. The minimum absolute atomic E-state index is 0.000888. The molecule has 21 heavy (non-hydrogen) atoms. The fourth-order valence-electron chi connectivity index (χ4n) is 1.74. The summed E-state index contributed by atoms with van der Waals surface area (Å²) in [4.78, 5) is 21.8. The molecule has 1 amide bonds. The zero-order valence-electron chi connectivity index (χ0n) is 11.6. The highest BCUT2D eigenvalue weighted by molar-refractivity contribution is 5.91. The molecule has 0 unspecified atom stereocenters. The van der Waals surface area contributed by atoms with E-state index in [4.69, 9.17) is 9.15 Å². The Morgan fingerprint density at radius 1 is 1.38 bits per heavy atom. The molecule has 0 aliphatic carbocycles. The SMILES string of the molecule is CNC(=O)c1ccc(COc2ccc(C)cc2[N+](=O)[O-])o1. The average Bonchev–Trinajstić information content (AvgIpc) is 2.93. The van der Waals surface area contributed by atoms with E-state index in [9.17, 15) is 14.9 Å². The van der Waals surface area contributed by atoms with Crippen molar-refractivity contribution in [2.24, 2.45) is 0 Å². The van der Waals surface area contributed by atoms with Gasteiger partial charge in [0, 0.05) is 13.1 Å². The lowest BCUT2D eigenvalue weighted by atomic mass is 10.2. The van der Waals surface area contributed by atoms with Crippen molar-refractivity contribution >= 4 is 11.6 Å². The normalized spacial score (nSPS) is 10.2. The first-order valence-corrected chi connectivity index (χ1v) is 6.20. The Morgan fingerprint density at radius 2 is 2.14 bits per heavy atom. The number of benzene rings is 1. The molecule has 7 nitrogen and oxygen atoms in total. The van der Waals surface area contributed by atoms with Gasteiger partial charge in [-0.2, -0.15) is 0 Å². The smallest absolute Gasteiger partial charge is 0.311 e. The van der Waals surface area contributed by atoms with Gasteiger partial charge in [-0.25, -0.2) is 0 Å². The molecule has 2 rings (SSSR count). The largest absolute Gasteiger partial charge is 0.479 e. The van der Waals surface area contributed by atoms with Crippen LogP contribution in [-0.4, -0.2) is 17.9 Å². The van der Waals surface area contributed by atoms with E-state index in [2.05, 4.69) is 5.32 Å². The number of aryl methyl sites for hydroxylation is 1. The molecule has 0 bridgehead atoms. The van der Waals surface area contributed by atoms with Crippen molar-refractivity contribution in [3.63, 3.8) is 0 Å². The standard InChI is InChI=1S/C14H14N2O5/c1-9-3-5-12(11(7-9)16(18)19)20-8-10-4-6-13(21-10)14(17)15-2/h3-7H,8H2,1-2H3,(H,15,17). The van der Waals surface area contributed by atoms with Gasteiger partial charge in [-0.15, -0.1) is 0 Å². The van der Waals surface area contributed by atoms with Gasteiger partial charge in [0.05, 0.1) is 4.92 Å². The maximum atomic E-state index is 11.3. The topological polar surface area (TPSA) is 94.6 Å². The third-order valence-electron chi connectivity index (χ3n) is 2.79. The molecule has 0 saturated carbocycles. The highest BCUT2D eigenvalue weighted by atomic mass is 16.6. The molecule has 2 aromatic rings. The van der Waals surface area contributed by atoms with Crippen LogP contribution in [0, 0.1) is 17.0 Å². The van der Waals surface area contributed by atoms with Gasteiger partial charge in [0.25, 0.3) is 5.91 Å². The zero-order chi connectivity index (χ0) is 15.4. The first kappa shape index (κ1) is 14.6. The van der Waals surface area contributed by atoms with Gasteiger partial charge >= 0.3 is 5.69 Å². The van der Waals surface area contributed by atoms with Gasteiger partial charge in [-0.05, 0) is 30.7 Å². The number of amides is 1. The monoisotopic (exact) mass is 290 g/mol. The van der Waals surface area contributed by atoms with Crippen molar-refractivity contribution < 1.29 is 18.9 Å². The quantitative estimate of drug-likeness (QED) is 0.674. The van der Waals surface area contributed by atoms with Gasteiger partial charge in [0.1, 0.15) is 12.4 Å². The minimum atomic E-state index is -0.500. The van der Waals surface area contributed by atoms with Crippen molar-refractivity contribution in [3.05, 3.63) is 57.5 Å². The molecule has 0 aliphatic rings. The molecule has 0 fully saturated rings. The first-order chi connectivity index (χ1) is 10.0. The van der Waals surface area contributed by atoms with Gasteiger partial charge in [0.2, 0.25) is 0 Å². The van der Waals surface area contributed by atoms with Crippen LogP contribution in [0.3, 0.4) is 0 Å². The van der Waals surface area contributed by atoms with Gasteiger partial charge in [0.15, 0.2) is 11.5 Å². The summed E-state index contributed by atoms with van der Waals surface area (Å²) in [6.07, 6.45) is 0. The summed E-state index contributed by atoms with van der Waals surface area (Å²) in [6.45, 7) is 1.76. The number of nitrogens with zero attached hydrogens (tertiary/aromatic N) is 1. The first-order valence-electron chi connectivity index (χ1n) is 6.20. The molecule has 0 spiro atoms. The Morgan fingerprint density at radius 3 is 2.81 bits per heavy atom. The number of furan rings is 1. The van der Waals surface area contributed by atoms with E-state index in [-0.39, 0.29) is 29.7 Å². The van der Waals surface area contributed by atoms with Crippen LogP contribution >= 0.6 is 0 Å². The minimum Gasteiger partial charge on any atom is -0.479 e. The van der Waals surface area contributed by atoms with Gasteiger partial charge in [-0.3, -0.25) is 14.9 Å². The fraction of sp³-hybridized carbons (Fsp3) is 0.214. The highest BCUT2D eigenvalue weighted by Crippen LogP contribution is 2.28. The predicted molar refractivity (Wildman–Crippen MR) is 74.3 cm³/mol. The van der Waals surface area contributed by atoms with E-state index in [0.717, 1.165) is 5.56 Å². The van der Waals surface area contributed by atoms with E-state index in [1.165, 1.54) is 25.2 Å². The number of hydrogen-bond donors (Lipinski definition) is 1. The lowest BCUT2D eigenvalue weighted by Crippen LogP contribution is -2.16. The lowest BCUT2D eigenvalue weighted by molar-refractivity contribution is -0.386. The number of nitro benzene ring substituents is 1. The van der Waals surface area contributed by atoms with Gasteiger partial charge < -0.3 is 14.5 Å². The summed E-state index contributed by atoms with van der Waals surface area (Å²) >= 11 is 0. The number of rotatable bonds is 5. The summed E-state index contributed by atoms with van der Waals surface area (Å²) in [6, 6.07) is 7.80. The van der Waals surface area contributed by atoms with Crippen LogP contribution in [0.15, 0.2) is 34.7 Å². The number of nitrogens with one attached hydrogen (secondary N) is 1. The molecule has 0 aliphatic heterocycles. The molecule has 1 aromatic carbocycles. The molecule has 1 aromatic heterocycles. The molecule has 0 radical (unpaired) electrons. The third-order valence-corrected chi connectivity index (χ3v) is 2.79. The number of hydrogen-bond acceptors (Lipinski definition) is 5. The summed E-state index contributed by atoms with van der Waals surface area (Å²) < 4.78 is 10.7. The van der Waals surface area contributed by atoms with E-state index in [1.54, 1.807) is 19.1 Å². The number of carbonyl (C=O) groups excluding carboxylic acids is 1. The summed E-state index contributed by atoms with van der Waals surface area (Å²) in [5.41, 5.74) is 0.669. The Bertz CT molecular complexity index is 678. The molecule has 1 N–H and O–H groups in total. The van der Waals surface area contributed by atoms with Crippen LogP contribution < -0.4 is 10.1 Å². The molecule has 7 heteroatoms.